The molecule has 1 aliphatic heterocycles. The van der Waals surface area contributed by atoms with Crippen LogP contribution in [0.1, 0.15) is 5.56 Å². The van der Waals surface area contributed by atoms with Crippen molar-refractivity contribution in [3.63, 3.8) is 0 Å². The zero-order valence-electron chi connectivity index (χ0n) is 11.3. The normalized spacial score (nSPS) is 15.9. The predicted molar refractivity (Wildman–Crippen MR) is 82.7 cm³/mol. The van der Waals surface area contributed by atoms with Crippen molar-refractivity contribution in [2.45, 2.75) is 5.60 Å². The molecule has 0 amide bonds. The molecule has 1 saturated heterocycles. The molecule has 1 aliphatic rings. The fourth-order valence-electron chi connectivity index (χ4n) is 2.28. The summed E-state index contributed by atoms with van der Waals surface area (Å²) in [5.74, 6) is 0.514. The van der Waals surface area contributed by atoms with Crippen molar-refractivity contribution in [1.29, 1.82) is 0 Å². The smallest absolute Gasteiger partial charge is 0.269 e. The number of nitrogens with zero attached hydrogens (tertiary/aromatic N) is 1. The van der Waals surface area contributed by atoms with Gasteiger partial charge in [0.2, 0.25) is 0 Å². The number of hydrogen-bond donors (Lipinski definition) is 0. The quantitative estimate of drug-likeness (QED) is 0.618. The largest absolute Gasteiger partial charge is 0.478 e. The van der Waals surface area contributed by atoms with Gasteiger partial charge in [0.25, 0.3) is 5.69 Å². The van der Waals surface area contributed by atoms with E-state index >= 15 is 0 Å². The Kier molecular flexibility index (Phi) is 3.95. The van der Waals surface area contributed by atoms with Gasteiger partial charge in [0.05, 0.1) is 18.1 Å². The molecule has 5 nitrogen and oxygen atoms in total. The number of halogens is 2. The molecule has 0 aliphatic carbocycles. The van der Waals surface area contributed by atoms with Crippen LogP contribution in [0.3, 0.4) is 0 Å². The maximum absolute atomic E-state index is 10.7. The van der Waals surface area contributed by atoms with Crippen molar-refractivity contribution >= 4 is 28.9 Å². The zero-order valence-corrected chi connectivity index (χ0v) is 12.8. The van der Waals surface area contributed by atoms with Crippen LogP contribution in [-0.4, -0.2) is 18.1 Å². The van der Waals surface area contributed by atoms with Gasteiger partial charge in [0.1, 0.15) is 5.75 Å². The van der Waals surface area contributed by atoms with E-state index in [4.69, 9.17) is 32.7 Å². The first-order valence-corrected chi connectivity index (χ1v) is 7.22. The molecule has 1 fully saturated rings. The highest BCUT2D eigenvalue weighted by Crippen LogP contribution is 2.39. The summed E-state index contributed by atoms with van der Waals surface area (Å²) in [6.45, 7) is 0.705. The number of ether oxygens (including phenoxy) is 2. The van der Waals surface area contributed by atoms with Crippen LogP contribution < -0.4 is 4.74 Å². The molecule has 0 saturated carbocycles. The van der Waals surface area contributed by atoms with Crippen molar-refractivity contribution in [3.05, 3.63) is 68.2 Å². The average Bonchev–Trinajstić information content (AvgIpc) is 2.44. The molecule has 114 valence electrons. The molecule has 0 radical (unpaired) electrons. The molecule has 7 heteroatoms. The van der Waals surface area contributed by atoms with E-state index in [2.05, 4.69) is 0 Å². The van der Waals surface area contributed by atoms with E-state index < -0.39 is 10.5 Å². The Morgan fingerprint density at radius 2 is 1.82 bits per heavy atom. The summed E-state index contributed by atoms with van der Waals surface area (Å²) in [6.07, 6.45) is 0. The van der Waals surface area contributed by atoms with E-state index in [9.17, 15) is 10.1 Å². The second-order valence-electron chi connectivity index (χ2n) is 4.96. The molecule has 0 atom stereocenters. The topological polar surface area (TPSA) is 61.6 Å². The maximum atomic E-state index is 10.7. The van der Waals surface area contributed by atoms with Crippen molar-refractivity contribution in [3.8, 4) is 5.75 Å². The molecule has 2 aromatic rings. The number of rotatable bonds is 4. The first kappa shape index (κ1) is 15.1. The van der Waals surface area contributed by atoms with Crippen LogP contribution in [0.4, 0.5) is 5.69 Å². The zero-order chi connectivity index (χ0) is 15.7. The van der Waals surface area contributed by atoms with Gasteiger partial charge in [-0.1, -0.05) is 29.3 Å². The first-order chi connectivity index (χ1) is 10.5. The third-order valence-corrected chi connectivity index (χ3v) is 4.00. The van der Waals surface area contributed by atoms with Crippen molar-refractivity contribution in [1.82, 2.24) is 0 Å². The lowest BCUT2D eigenvalue weighted by Gasteiger charge is -2.42. The van der Waals surface area contributed by atoms with Crippen LogP contribution in [0.25, 0.3) is 0 Å². The molecule has 0 bridgehead atoms. The highest BCUT2D eigenvalue weighted by molar-refractivity contribution is 6.35. The summed E-state index contributed by atoms with van der Waals surface area (Å²) >= 11 is 12.2. The van der Waals surface area contributed by atoms with Gasteiger partial charge in [-0.15, -0.1) is 0 Å². The van der Waals surface area contributed by atoms with Gasteiger partial charge in [-0.2, -0.15) is 0 Å². The predicted octanol–water partition coefficient (Wildman–Crippen LogP) is 4.21. The Hall–Kier alpha value is -1.82. The fourth-order valence-corrected chi connectivity index (χ4v) is 2.86. The summed E-state index contributed by atoms with van der Waals surface area (Å²) in [5.41, 5.74) is 0.0941. The van der Waals surface area contributed by atoms with Gasteiger partial charge in [-0.05, 0) is 24.3 Å². The minimum Gasteiger partial charge on any atom is -0.478 e. The number of nitro benzene ring substituents is 1. The van der Waals surface area contributed by atoms with Crippen LogP contribution in [0.15, 0.2) is 42.5 Å². The van der Waals surface area contributed by atoms with Crippen LogP contribution >= 0.6 is 23.2 Å². The Balaban J connectivity index is 1.89. The number of benzene rings is 2. The van der Waals surface area contributed by atoms with Gasteiger partial charge in [-0.25, -0.2) is 0 Å². The van der Waals surface area contributed by atoms with Gasteiger partial charge in [0.15, 0.2) is 5.60 Å². The monoisotopic (exact) mass is 339 g/mol. The van der Waals surface area contributed by atoms with Gasteiger partial charge in [0, 0.05) is 27.7 Å². The summed E-state index contributed by atoms with van der Waals surface area (Å²) in [5, 5.41) is 11.7. The third kappa shape index (κ3) is 2.75. The Labute approximate surface area is 136 Å². The molecule has 0 aromatic heterocycles. The van der Waals surface area contributed by atoms with E-state index in [1.54, 1.807) is 30.3 Å². The highest BCUT2D eigenvalue weighted by atomic mass is 35.5. The molecule has 0 spiro atoms. The molecule has 0 unspecified atom stereocenters. The lowest BCUT2D eigenvalue weighted by atomic mass is 9.91. The summed E-state index contributed by atoms with van der Waals surface area (Å²) in [6, 6.07) is 11.1. The lowest BCUT2D eigenvalue weighted by molar-refractivity contribution is -0.384. The molecular weight excluding hydrogens is 329 g/mol. The number of non-ortho nitro benzene ring substituents is 1. The number of hydrogen-bond acceptors (Lipinski definition) is 4. The van der Waals surface area contributed by atoms with E-state index in [0.29, 0.717) is 29.0 Å². The maximum Gasteiger partial charge on any atom is 0.269 e. The Bertz CT molecular complexity index is 714. The molecule has 22 heavy (non-hydrogen) atoms. The van der Waals surface area contributed by atoms with E-state index in [1.165, 1.54) is 12.1 Å². The van der Waals surface area contributed by atoms with Crippen molar-refractivity contribution in [2.75, 3.05) is 13.2 Å². The molecule has 1 heterocycles. The molecule has 3 rings (SSSR count). The van der Waals surface area contributed by atoms with Crippen molar-refractivity contribution < 1.29 is 14.4 Å². The fraction of sp³-hybridized carbons (Fsp3) is 0.200. The van der Waals surface area contributed by atoms with Gasteiger partial charge >= 0.3 is 0 Å². The molecule has 2 aromatic carbocycles. The summed E-state index contributed by atoms with van der Waals surface area (Å²) < 4.78 is 11.3. The second kappa shape index (κ2) is 5.76. The standard InChI is InChI=1S/C15H11Cl2NO4/c16-10-1-6-13(14(17)7-10)15(8-21-9-15)22-12-4-2-11(3-5-12)18(19)20/h1-7H,8-9H2. The average molecular weight is 340 g/mol. The van der Waals surface area contributed by atoms with Crippen molar-refractivity contribution in [2.24, 2.45) is 0 Å². The Morgan fingerprint density at radius 3 is 2.32 bits per heavy atom. The SMILES string of the molecule is O=[N+]([O-])c1ccc(OC2(c3ccc(Cl)cc3Cl)COC2)cc1. The van der Waals surface area contributed by atoms with Crippen LogP contribution in [0.2, 0.25) is 10.0 Å². The molecule has 0 N–H and O–H groups in total. The minimum atomic E-state index is -0.697. The second-order valence-corrected chi connectivity index (χ2v) is 5.81. The van der Waals surface area contributed by atoms with Crippen LogP contribution in [0.5, 0.6) is 5.75 Å². The number of nitro groups is 1. The van der Waals surface area contributed by atoms with E-state index in [-0.39, 0.29) is 5.69 Å². The summed E-state index contributed by atoms with van der Waals surface area (Å²) in [7, 11) is 0. The third-order valence-electron chi connectivity index (χ3n) is 3.45. The van der Waals surface area contributed by atoms with Gasteiger partial charge < -0.3 is 9.47 Å². The van der Waals surface area contributed by atoms with Crippen LogP contribution in [0, 0.1) is 10.1 Å². The first-order valence-electron chi connectivity index (χ1n) is 6.47. The van der Waals surface area contributed by atoms with E-state index in [0.717, 1.165) is 5.56 Å². The summed E-state index contributed by atoms with van der Waals surface area (Å²) in [4.78, 5) is 10.2. The lowest BCUT2D eigenvalue weighted by Crippen LogP contribution is -2.51. The van der Waals surface area contributed by atoms with Crippen LogP contribution in [-0.2, 0) is 10.3 Å². The molecular formula is C15H11Cl2NO4. The van der Waals surface area contributed by atoms with E-state index in [1.807, 2.05) is 0 Å². The van der Waals surface area contributed by atoms with Gasteiger partial charge in [-0.3, -0.25) is 10.1 Å². The Morgan fingerprint density at radius 1 is 1.14 bits per heavy atom. The minimum absolute atomic E-state index is 0.00999. The highest BCUT2D eigenvalue weighted by Gasteiger charge is 2.44.